The molecule has 0 radical (unpaired) electrons. The highest BCUT2D eigenvalue weighted by molar-refractivity contribution is 14.0. The number of halogens is 1. The Kier molecular flexibility index (Phi) is 7.91. The number of carbonyl (C=O) groups excluding carboxylic acids is 1. The highest BCUT2D eigenvalue weighted by atomic mass is 127. The normalized spacial score (nSPS) is 13.7. The van der Waals surface area contributed by atoms with Crippen molar-refractivity contribution in [1.82, 2.24) is 4.90 Å². The van der Waals surface area contributed by atoms with Crippen LogP contribution < -0.4 is 15.8 Å². The molecule has 6 nitrogen and oxygen atoms in total. The molecule has 0 bridgehead atoms. The fourth-order valence-electron chi connectivity index (χ4n) is 2.79. The first-order valence-electron chi connectivity index (χ1n) is 8.68. The summed E-state index contributed by atoms with van der Waals surface area (Å²) in [4.78, 5) is 19.7. The van der Waals surface area contributed by atoms with Crippen LogP contribution in [-0.2, 0) is 17.8 Å². The van der Waals surface area contributed by atoms with Gasteiger partial charge in [-0.25, -0.2) is 4.99 Å². The molecule has 0 saturated carbocycles. The standard InChI is InChI=1S/C19H24N4O2S.HI/c1-13(2)25-16-5-3-15(4-6-16)22-19(20)21-11-18(24)23-9-7-17-14(12-23)8-10-26-17;/h3-6,8,10,13H,7,9,11-12H2,1-2H3,(H3,20,21,22);1H. The van der Waals surface area contributed by atoms with Gasteiger partial charge in [0.1, 0.15) is 12.3 Å². The Hall–Kier alpha value is -1.81. The number of nitrogens with two attached hydrogens (primary N) is 1. The van der Waals surface area contributed by atoms with Crippen molar-refractivity contribution in [2.45, 2.75) is 32.9 Å². The Balaban J connectivity index is 0.00000261. The summed E-state index contributed by atoms with van der Waals surface area (Å²) in [6, 6.07) is 9.56. The molecule has 1 aromatic carbocycles. The number of hydrogen-bond donors (Lipinski definition) is 2. The molecule has 1 aromatic heterocycles. The van der Waals surface area contributed by atoms with Crippen LogP contribution >= 0.6 is 35.3 Å². The largest absolute Gasteiger partial charge is 0.491 e. The fraction of sp³-hybridized carbons (Fsp3) is 0.368. The maximum atomic E-state index is 12.4. The summed E-state index contributed by atoms with van der Waals surface area (Å²) in [5.74, 6) is 1.02. The molecule has 0 atom stereocenters. The van der Waals surface area contributed by atoms with Crippen molar-refractivity contribution in [3.63, 3.8) is 0 Å². The molecule has 1 aliphatic heterocycles. The number of benzene rings is 1. The van der Waals surface area contributed by atoms with Gasteiger partial charge in [0.25, 0.3) is 0 Å². The molecule has 0 unspecified atom stereocenters. The van der Waals surface area contributed by atoms with Gasteiger partial charge in [-0.1, -0.05) is 0 Å². The topological polar surface area (TPSA) is 80.0 Å². The molecule has 2 heterocycles. The molecule has 0 fully saturated rings. The van der Waals surface area contributed by atoms with E-state index in [0.29, 0.717) is 6.54 Å². The van der Waals surface area contributed by atoms with Crippen LogP contribution in [0.2, 0.25) is 0 Å². The van der Waals surface area contributed by atoms with Crippen molar-refractivity contribution in [2.24, 2.45) is 10.7 Å². The first-order valence-corrected chi connectivity index (χ1v) is 9.56. The van der Waals surface area contributed by atoms with Crippen molar-refractivity contribution in [3.05, 3.63) is 46.2 Å². The summed E-state index contributed by atoms with van der Waals surface area (Å²) in [6.07, 6.45) is 1.05. The van der Waals surface area contributed by atoms with Gasteiger partial charge in [0.2, 0.25) is 5.91 Å². The van der Waals surface area contributed by atoms with Gasteiger partial charge >= 0.3 is 0 Å². The van der Waals surface area contributed by atoms with Crippen molar-refractivity contribution in [2.75, 3.05) is 18.4 Å². The summed E-state index contributed by atoms with van der Waals surface area (Å²) in [6.45, 7) is 5.42. The molecule has 27 heavy (non-hydrogen) atoms. The van der Waals surface area contributed by atoms with E-state index in [1.54, 1.807) is 11.3 Å². The highest BCUT2D eigenvalue weighted by Crippen LogP contribution is 2.24. The zero-order valence-corrected chi connectivity index (χ0v) is 18.6. The highest BCUT2D eigenvalue weighted by Gasteiger charge is 2.20. The van der Waals surface area contributed by atoms with Gasteiger partial charge in [-0.15, -0.1) is 35.3 Å². The molecule has 0 spiro atoms. The van der Waals surface area contributed by atoms with E-state index in [9.17, 15) is 4.79 Å². The zero-order valence-electron chi connectivity index (χ0n) is 15.5. The molecule has 2 aromatic rings. The quantitative estimate of drug-likeness (QED) is 0.375. The van der Waals surface area contributed by atoms with Crippen LogP contribution in [0.1, 0.15) is 24.3 Å². The third-order valence-electron chi connectivity index (χ3n) is 4.04. The first kappa shape index (κ1) is 21.5. The molecule has 0 aliphatic carbocycles. The van der Waals surface area contributed by atoms with Gasteiger partial charge < -0.3 is 20.7 Å². The lowest BCUT2D eigenvalue weighted by Gasteiger charge is -2.26. The molecule has 0 saturated heterocycles. The maximum absolute atomic E-state index is 12.4. The number of guanidine groups is 1. The SMILES string of the molecule is CC(C)Oc1ccc(NC(N)=NCC(=O)N2CCc3sccc3C2)cc1.I. The van der Waals surface area contributed by atoms with Crippen molar-refractivity contribution in [3.8, 4) is 5.75 Å². The number of rotatable bonds is 5. The summed E-state index contributed by atoms with van der Waals surface area (Å²) in [5.41, 5.74) is 7.95. The Morgan fingerprint density at radius 3 is 2.78 bits per heavy atom. The molecular weight excluding hydrogens is 475 g/mol. The van der Waals surface area contributed by atoms with Crippen molar-refractivity contribution < 1.29 is 9.53 Å². The van der Waals surface area contributed by atoms with E-state index < -0.39 is 0 Å². The zero-order chi connectivity index (χ0) is 18.5. The van der Waals surface area contributed by atoms with E-state index in [4.69, 9.17) is 10.5 Å². The predicted octanol–water partition coefficient (Wildman–Crippen LogP) is 3.46. The minimum absolute atomic E-state index is 0. The van der Waals surface area contributed by atoms with Crippen LogP contribution in [0.15, 0.2) is 40.7 Å². The summed E-state index contributed by atoms with van der Waals surface area (Å²) < 4.78 is 5.60. The van der Waals surface area contributed by atoms with Crippen LogP contribution in [0.4, 0.5) is 5.69 Å². The number of fused-ring (bicyclic) bond motifs is 1. The molecule has 3 rings (SSSR count). The average Bonchev–Trinajstić information content (AvgIpc) is 3.08. The number of nitrogens with zero attached hydrogens (tertiary/aromatic N) is 2. The summed E-state index contributed by atoms with van der Waals surface area (Å²) in [5, 5.41) is 5.07. The third-order valence-corrected chi connectivity index (χ3v) is 5.07. The van der Waals surface area contributed by atoms with E-state index in [1.165, 1.54) is 10.4 Å². The second kappa shape index (κ2) is 9.93. The van der Waals surface area contributed by atoms with E-state index in [0.717, 1.165) is 24.4 Å². The molecule has 1 amide bonds. The average molecular weight is 500 g/mol. The number of nitrogens with one attached hydrogen (secondary N) is 1. The smallest absolute Gasteiger partial charge is 0.244 e. The minimum atomic E-state index is -0.00715. The minimum Gasteiger partial charge on any atom is -0.491 e. The number of anilines is 1. The summed E-state index contributed by atoms with van der Waals surface area (Å²) >= 11 is 1.76. The van der Waals surface area contributed by atoms with Crippen LogP contribution in [0.5, 0.6) is 5.75 Å². The lowest BCUT2D eigenvalue weighted by Crippen LogP contribution is -2.37. The van der Waals surface area contributed by atoms with Crippen molar-refractivity contribution in [1.29, 1.82) is 0 Å². The number of ether oxygens (including phenoxy) is 1. The third kappa shape index (κ3) is 6.10. The maximum Gasteiger partial charge on any atom is 0.244 e. The Labute approximate surface area is 180 Å². The number of aliphatic imine (C=N–C) groups is 1. The van der Waals surface area contributed by atoms with Crippen LogP contribution in [-0.4, -0.2) is 36.0 Å². The van der Waals surface area contributed by atoms with Crippen LogP contribution in [0.3, 0.4) is 0 Å². The Bertz CT molecular complexity index is 789. The predicted molar refractivity (Wildman–Crippen MR) is 121 cm³/mol. The van der Waals surface area contributed by atoms with E-state index in [1.807, 2.05) is 43.0 Å². The monoisotopic (exact) mass is 500 g/mol. The van der Waals surface area contributed by atoms with E-state index >= 15 is 0 Å². The number of thiophene rings is 1. The van der Waals surface area contributed by atoms with Gasteiger partial charge in [0.15, 0.2) is 5.96 Å². The number of carbonyl (C=O) groups is 1. The summed E-state index contributed by atoms with van der Waals surface area (Å²) in [7, 11) is 0. The van der Waals surface area contributed by atoms with Gasteiger partial charge in [0, 0.05) is 23.7 Å². The Morgan fingerprint density at radius 2 is 2.07 bits per heavy atom. The van der Waals surface area contributed by atoms with E-state index in [2.05, 4.69) is 21.8 Å². The van der Waals surface area contributed by atoms with E-state index in [-0.39, 0.29) is 48.5 Å². The Morgan fingerprint density at radius 1 is 1.33 bits per heavy atom. The van der Waals surface area contributed by atoms with Gasteiger partial charge in [-0.05, 0) is 61.5 Å². The fourth-order valence-corrected chi connectivity index (χ4v) is 3.68. The lowest BCUT2D eigenvalue weighted by molar-refractivity contribution is -0.130. The van der Waals surface area contributed by atoms with Crippen LogP contribution in [0.25, 0.3) is 0 Å². The molecule has 8 heteroatoms. The molecule has 1 aliphatic rings. The van der Waals surface area contributed by atoms with Gasteiger partial charge in [-0.3, -0.25) is 4.79 Å². The number of amides is 1. The van der Waals surface area contributed by atoms with Crippen molar-refractivity contribution >= 4 is 52.9 Å². The molecule has 3 N–H and O–H groups in total. The second-order valence-corrected chi connectivity index (χ2v) is 7.45. The second-order valence-electron chi connectivity index (χ2n) is 6.45. The first-order chi connectivity index (χ1) is 12.5. The lowest BCUT2D eigenvalue weighted by atomic mass is 10.1. The number of hydrogen-bond acceptors (Lipinski definition) is 4. The van der Waals surface area contributed by atoms with Gasteiger partial charge in [-0.2, -0.15) is 0 Å². The molecular formula is C19H25IN4O2S. The molecule has 146 valence electrons. The van der Waals surface area contributed by atoms with Crippen LogP contribution in [0, 0.1) is 0 Å². The van der Waals surface area contributed by atoms with Gasteiger partial charge in [0.05, 0.1) is 6.10 Å².